The van der Waals surface area contributed by atoms with Crippen molar-refractivity contribution in [2.24, 2.45) is 0 Å². The molecule has 0 saturated carbocycles. The number of hydrogen-bond donors (Lipinski definition) is 1. The van der Waals surface area contributed by atoms with Gasteiger partial charge in [0.1, 0.15) is 12.4 Å². The fourth-order valence-corrected chi connectivity index (χ4v) is 5.34. The molecule has 0 saturated heterocycles. The summed E-state index contributed by atoms with van der Waals surface area (Å²) >= 11 is 0. The molecule has 6 nitrogen and oxygen atoms in total. The summed E-state index contributed by atoms with van der Waals surface area (Å²) in [7, 11) is -3.78. The molecule has 0 aliphatic heterocycles. The van der Waals surface area contributed by atoms with Gasteiger partial charge in [0.05, 0.1) is 23.7 Å². The number of aryl methyl sites for hydroxylation is 1. The smallest absolute Gasteiger partial charge is 0.264 e. The maximum Gasteiger partial charge on any atom is 0.264 e. The number of amides is 1. The Kier molecular flexibility index (Phi) is 8.25. The SMILES string of the molecule is Cc1cccc(OCCNC(=O)c2ccc(CN(c3ccccc3)S(=O)(=O)c3ccccc3)cc2)c1C. The van der Waals surface area contributed by atoms with Crippen LogP contribution in [0.1, 0.15) is 27.0 Å². The van der Waals surface area contributed by atoms with E-state index in [9.17, 15) is 13.2 Å². The van der Waals surface area contributed by atoms with Gasteiger partial charge in [0.25, 0.3) is 15.9 Å². The van der Waals surface area contributed by atoms with Crippen molar-refractivity contribution in [2.45, 2.75) is 25.3 Å². The zero-order valence-corrected chi connectivity index (χ0v) is 21.7. The molecule has 1 amide bonds. The molecule has 0 fully saturated rings. The minimum atomic E-state index is -3.78. The molecular formula is C30H30N2O4S. The molecule has 190 valence electrons. The van der Waals surface area contributed by atoms with Gasteiger partial charge in [0, 0.05) is 5.56 Å². The highest BCUT2D eigenvalue weighted by atomic mass is 32.2. The number of nitrogens with zero attached hydrogens (tertiary/aromatic N) is 1. The van der Waals surface area contributed by atoms with Crippen LogP contribution in [-0.4, -0.2) is 27.5 Å². The van der Waals surface area contributed by atoms with E-state index in [1.807, 2.05) is 38.1 Å². The van der Waals surface area contributed by atoms with Gasteiger partial charge in [-0.1, -0.05) is 60.7 Å². The molecule has 0 unspecified atom stereocenters. The number of benzene rings is 4. The Hall–Kier alpha value is -4.10. The van der Waals surface area contributed by atoms with E-state index in [2.05, 4.69) is 5.32 Å². The second-order valence-corrected chi connectivity index (χ2v) is 10.5. The van der Waals surface area contributed by atoms with Crippen molar-refractivity contribution in [3.05, 3.63) is 125 Å². The van der Waals surface area contributed by atoms with Crippen LogP contribution in [0.3, 0.4) is 0 Å². The van der Waals surface area contributed by atoms with E-state index in [0.717, 1.165) is 22.4 Å². The highest BCUT2D eigenvalue weighted by molar-refractivity contribution is 7.92. The number of nitrogens with one attached hydrogen (secondary N) is 1. The summed E-state index contributed by atoms with van der Waals surface area (Å²) in [5.41, 5.74) is 4.06. The zero-order valence-electron chi connectivity index (χ0n) is 20.9. The van der Waals surface area contributed by atoms with Crippen LogP contribution < -0.4 is 14.4 Å². The summed E-state index contributed by atoms with van der Waals surface area (Å²) in [5, 5.41) is 2.86. The Labute approximate surface area is 218 Å². The summed E-state index contributed by atoms with van der Waals surface area (Å²) in [6, 6.07) is 30.2. The number of carbonyl (C=O) groups excluding carboxylic acids is 1. The first-order valence-electron chi connectivity index (χ1n) is 12.1. The third kappa shape index (κ3) is 6.37. The van der Waals surface area contributed by atoms with Crippen LogP contribution in [0.2, 0.25) is 0 Å². The quantitative estimate of drug-likeness (QED) is 0.283. The number of rotatable bonds is 10. The third-order valence-electron chi connectivity index (χ3n) is 6.12. The van der Waals surface area contributed by atoms with E-state index < -0.39 is 10.0 Å². The molecule has 4 aromatic carbocycles. The van der Waals surface area contributed by atoms with E-state index in [0.29, 0.717) is 24.4 Å². The summed E-state index contributed by atoms with van der Waals surface area (Å²) in [6.07, 6.45) is 0. The Morgan fingerprint density at radius 3 is 2.14 bits per heavy atom. The molecule has 4 aromatic rings. The number of ether oxygens (including phenoxy) is 1. The van der Waals surface area contributed by atoms with E-state index in [1.54, 1.807) is 78.9 Å². The van der Waals surface area contributed by atoms with Crippen molar-refractivity contribution in [1.29, 1.82) is 0 Å². The van der Waals surface area contributed by atoms with Crippen molar-refractivity contribution in [3.8, 4) is 5.75 Å². The van der Waals surface area contributed by atoms with Crippen molar-refractivity contribution >= 4 is 21.6 Å². The van der Waals surface area contributed by atoms with Crippen LogP contribution in [0.25, 0.3) is 0 Å². The summed E-state index contributed by atoms with van der Waals surface area (Å²) in [5.74, 6) is 0.597. The van der Waals surface area contributed by atoms with Gasteiger partial charge in [0.15, 0.2) is 0 Å². The second-order valence-electron chi connectivity index (χ2n) is 8.66. The molecule has 0 heterocycles. The molecular weight excluding hydrogens is 484 g/mol. The molecule has 4 rings (SSSR count). The summed E-state index contributed by atoms with van der Waals surface area (Å²) in [6.45, 7) is 4.90. The van der Waals surface area contributed by atoms with Crippen LogP contribution in [-0.2, 0) is 16.6 Å². The maximum atomic E-state index is 13.5. The Balaban J connectivity index is 1.41. The third-order valence-corrected chi connectivity index (χ3v) is 7.91. The fourth-order valence-electron chi connectivity index (χ4n) is 3.86. The van der Waals surface area contributed by atoms with E-state index in [-0.39, 0.29) is 17.3 Å². The summed E-state index contributed by atoms with van der Waals surface area (Å²) in [4.78, 5) is 12.8. The lowest BCUT2D eigenvalue weighted by molar-refractivity contribution is 0.0947. The molecule has 0 spiro atoms. The average Bonchev–Trinajstić information content (AvgIpc) is 2.93. The predicted octanol–water partition coefficient (Wildman–Crippen LogP) is 5.51. The standard InChI is InChI=1S/C30H30N2O4S/c1-23-10-9-15-29(24(23)2)36-21-20-31-30(33)26-18-16-25(17-19-26)22-32(27-11-5-3-6-12-27)37(34,35)28-13-7-4-8-14-28/h3-19H,20-22H2,1-2H3,(H,31,33). The highest BCUT2D eigenvalue weighted by Crippen LogP contribution is 2.26. The molecule has 1 N–H and O–H groups in total. The van der Waals surface area contributed by atoms with Crippen molar-refractivity contribution in [2.75, 3.05) is 17.5 Å². The van der Waals surface area contributed by atoms with Crippen LogP contribution in [0.15, 0.2) is 108 Å². The van der Waals surface area contributed by atoms with Crippen LogP contribution in [0, 0.1) is 13.8 Å². The summed E-state index contributed by atoms with van der Waals surface area (Å²) < 4.78 is 34.1. The number of anilines is 1. The lowest BCUT2D eigenvalue weighted by Gasteiger charge is -2.25. The molecule has 7 heteroatoms. The lowest BCUT2D eigenvalue weighted by Crippen LogP contribution is -2.30. The van der Waals surface area contributed by atoms with Crippen molar-refractivity contribution in [1.82, 2.24) is 5.32 Å². The van der Waals surface area contributed by atoms with Crippen molar-refractivity contribution < 1.29 is 17.9 Å². The highest BCUT2D eigenvalue weighted by Gasteiger charge is 2.25. The van der Waals surface area contributed by atoms with Gasteiger partial charge in [-0.05, 0) is 73.0 Å². The first kappa shape index (κ1) is 26.0. The van der Waals surface area contributed by atoms with Crippen LogP contribution in [0.5, 0.6) is 5.75 Å². The average molecular weight is 515 g/mol. The van der Waals surface area contributed by atoms with Gasteiger partial charge in [-0.15, -0.1) is 0 Å². The molecule has 0 aliphatic carbocycles. The first-order chi connectivity index (χ1) is 17.9. The van der Waals surface area contributed by atoms with Gasteiger partial charge in [-0.2, -0.15) is 0 Å². The molecule has 0 aliphatic rings. The topological polar surface area (TPSA) is 75.7 Å². The normalized spacial score (nSPS) is 11.1. The lowest BCUT2D eigenvalue weighted by atomic mass is 10.1. The number of para-hydroxylation sites is 1. The predicted molar refractivity (Wildman–Crippen MR) is 146 cm³/mol. The fraction of sp³-hybridized carbons (Fsp3) is 0.167. The van der Waals surface area contributed by atoms with Gasteiger partial charge in [-0.3, -0.25) is 9.10 Å². The molecule has 0 aromatic heterocycles. The zero-order chi connectivity index (χ0) is 26.3. The van der Waals surface area contributed by atoms with E-state index >= 15 is 0 Å². The van der Waals surface area contributed by atoms with Crippen LogP contribution in [0.4, 0.5) is 5.69 Å². The molecule has 0 bridgehead atoms. The second kappa shape index (κ2) is 11.8. The van der Waals surface area contributed by atoms with Crippen molar-refractivity contribution in [3.63, 3.8) is 0 Å². The minimum absolute atomic E-state index is 0.132. The van der Waals surface area contributed by atoms with Crippen LogP contribution >= 0.6 is 0 Å². The largest absolute Gasteiger partial charge is 0.491 e. The Morgan fingerprint density at radius 1 is 0.811 bits per heavy atom. The van der Waals surface area contributed by atoms with E-state index in [4.69, 9.17) is 4.74 Å². The Morgan fingerprint density at radius 2 is 1.46 bits per heavy atom. The molecule has 37 heavy (non-hydrogen) atoms. The Bertz CT molecular complexity index is 1440. The molecule has 0 atom stereocenters. The van der Waals surface area contributed by atoms with Gasteiger partial charge in [0.2, 0.25) is 0 Å². The van der Waals surface area contributed by atoms with E-state index in [1.165, 1.54) is 4.31 Å². The van der Waals surface area contributed by atoms with Gasteiger partial charge < -0.3 is 10.1 Å². The maximum absolute atomic E-state index is 13.5. The number of carbonyl (C=O) groups is 1. The number of sulfonamides is 1. The van der Waals surface area contributed by atoms with Gasteiger partial charge in [-0.25, -0.2) is 8.42 Å². The monoisotopic (exact) mass is 514 g/mol. The van der Waals surface area contributed by atoms with Gasteiger partial charge >= 0.3 is 0 Å². The first-order valence-corrected chi connectivity index (χ1v) is 13.5. The molecule has 0 radical (unpaired) electrons. The minimum Gasteiger partial charge on any atom is -0.491 e. The number of hydrogen-bond acceptors (Lipinski definition) is 4.